The molecule has 2 saturated heterocycles. The van der Waals surface area contributed by atoms with Gasteiger partial charge in [0, 0.05) is 24.5 Å². The van der Waals surface area contributed by atoms with Gasteiger partial charge in [0.05, 0.1) is 6.33 Å². The second-order valence-corrected chi connectivity index (χ2v) is 6.17. The Morgan fingerprint density at radius 3 is 2.63 bits per heavy atom. The molecule has 1 N–H and O–H groups in total. The van der Waals surface area contributed by atoms with E-state index in [1.807, 2.05) is 6.20 Å². The van der Waals surface area contributed by atoms with Crippen LogP contribution in [-0.2, 0) is 6.54 Å². The Bertz CT molecular complexity index is 362. The molecule has 1 aromatic rings. The average Bonchev–Trinajstić information content (AvgIpc) is 3.12. The van der Waals surface area contributed by atoms with Gasteiger partial charge < -0.3 is 9.88 Å². The molecule has 106 valence electrons. The molecule has 0 bridgehead atoms. The molecule has 2 aliphatic heterocycles. The Kier molecular flexibility index (Phi) is 4.18. The molecular formula is C15H26N4. The zero-order valence-electron chi connectivity index (χ0n) is 12.0. The average molecular weight is 262 g/mol. The molecule has 19 heavy (non-hydrogen) atoms. The Morgan fingerprint density at radius 1 is 1.26 bits per heavy atom. The number of rotatable bonds is 4. The van der Waals surface area contributed by atoms with Crippen LogP contribution in [-0.4, -0.2) is 52.0 Å². The Balaban J connectivity index is 1.46. The van der Waals surface area contributed by atoms with Crippen molar-refractivity contribution in [1.29, 1.82) is 0 Å². The van der Waals surface area contributed by atoms with E-state index >= 15 is 0 Å². The lowest BCUT2D eigenvalue weighted by Gasteiger charge is -2.38. The summed E-state index contributed by atoms with van der Waals surface area (Å²) in [4.78, 5) is 12.6. The van der Waals surface area contributed by atoms with E-state index in [0.717, 1.165) is 18.5 Å². The fourth-order valence-corrected chi connectivity index (χ4v) is 3.65. The summed E-state index contributed by atoms with van der Waals surface area (Å²) in [6, 6.07) is 0.789. The number of hydrogen-bond acceptors (Lipinski definition) is 3. The van der Waals surface area contributed by atoms with Crippen molar-refractivity contribution in [3.63, 3.8) is 0 Å². The molecule has 3 heterocycles. The monoisotopic (exact) mass is 262 g/mol. The van der Waals surface area contributed by atoms with Crippen LogP contribution >= 0.6 is 0 Å². The van der Waals surface area contributed by atoms with E-state index in [9.17, 15) is 0 Å². The van der Waals surface area contributed by atoms with E-state index in [-0.39, 0.29) is 0 Å². The van der Waals surface area contributed by atoms with Crippen molar-refractivity contribution in [2.75, 3.05) is 26.2 Å². The van der Waals surface area contributed by atoms with Crippen LogP contribution in [0.4, 0.5) is 0 Å². The first-order valence-electron chi connectivity index (χ1n) is 7.76. The van der Waals surface area contributed by atoms with Gasteiger partial charge in [-0.3, -0.25) is 4.90 Å². The SMILES string of the molecule is CC(C1CCN(Cc2cnc[nH]2)CC1)N1CCCC1. The maximum Gasteiger partial charge on any atom is 0.0922 e. The summed E-state index contributed by atoms with van der Waals surface area (Å²) in [6.45, 7) is 8.61. The third kappa shape index (κ3) is 3.18. The van der Waals surface area contributed by atoms with E-state index in [0.29, 0.717) is 0 Å². The third-order valence-electron chi connectivity index (χ3n) is 4.98. The van der Waals surface area contributed by atoms with Gasteiger partial charge in [-0.25, -0.2) is 4.98 Å². The molecule has 1 unspecified atom stereocenters. The summed E-state index contributed by atoms with van der Waals surface area (Å²) in [7, 11) is 0. The highest BCUT2D eigenvalue weighted by molar-refractivity contribution is 4.95. The van der Waals surface area contributed by atoms with Crippen LogP contribution in [0.5, 0.6) is 0 Å². The largest absolute Gasteiger partial charge is 0.347 e. The van der Waals surface area contributed by atoms with Crippen LogP contribution < -0.4 is 0 Å². The number of nitrogens with one attached hydrogen (secondary N) is 1. The molecule has 1 atom stereocenters. The van der Waals surface area contributed by atoms with E-state index in [4.69, 9.17) is 0 Å². The molecule has 0 amide bonds. The zero-order valence-corrected chi connectivity index (χ0v) is 12.0. The molecule has 1 aromatic heterocycles. The number of nitrogens with zero attached hydrogens (tertiary/aromatic N) is 3. The van der Waals surface area contributed by atoms with E-state index < -0.39 is 0 Å². The van der Waals surface area contributed by atoms with Gasteiger partial charge in [0.1, 0.15) is 0 Å². The molecule has 0 aliphatic carbocycles. The van der Waals surface area contributed by atoms with Gasteiger partial charge in [0.15, 0.2) is 0 Å². The number of likely N-dealkylation sites (tertiary alicyclic amines) is 2. The van der Waals surface area contributed by atoms with Crippen molar-refractivity contribution in [1.82, 2.24) is 19.8 Å². The summed E-state index contributed by atoms with van der Waals surface area (Å²) in [5, 5.41) is 0. The van der Waals surface area contributed by atoms with Gasteiger partial charge >= 0.3 is 0 Å². The molecule has 2 fully saturated rings. The smallest absolute Gasteiger partial charge is 0.0922 e. The molecule has 4 heteroatoms. The van der Waals surface area contributed by atoms with Gasteiger partial charge in [-0.2, -0.15) is 0 Å². The highest BCUT2D eigenvalue weighted by Crippen LogP contribution is 2.26. The molecule has 2 aliphatic rings. The van der Waals surface area contributed by atoms with Crippen molar-refractivity contribution >= 4 is 0 Å². The lowest BCUT2D eigenvalue weighted by Crippen LogP contribution is -2.42. The predicted octanol–water partition coefficient (Wildman–Crippen LogP) is 2.11. The highest BCUT2D eigenvalue weighted by Gasteiger charge is 2.28. The normalized spacial score (nSPS) is 24.9. The lowest BCUT2D eigenvalue weighted by atomic mass is 9.89. The summed E-state index contributed by atoms with van der Waals surface area (Å²) in [6.07, 6.45) is 9.24. The number of aromatic amines is 1. The minimum absolute atomic E-state index is 0.789. The first kappa shape index (κ1) is 13.1. The van der Waals surface area contributed by atoms with Gasteiger partial charge in [0.25, 0.3) is 0 Å². The number of hydrogen-bond donors (Lipinski definition) is 1. The Morgan fingerprint density at radius 2 is 2.00 bits per heavy atom. The number of imidazole rings is 1. The van der Waals surface area contributed by atoms with Crippen LogP contribution in [0.25, 0.3) is 0 Å². The molecule has 0 aromatic carbocycles. The van der Waals surface area contributed by atoms with Gasteiger partial charge in [-0.05, 0) is 64.7 Å². The Labute approximate surface area is 116 Å². The second-order valence-electron chi connectivity index (χ2n) is 6.17. The molecule has 3 rings (SSSR count). The fraction of sp³-hybridized carbons (Fsp3) is 0.800. The molecule has 0 saturated carbocycles. The summed E-state index contributed by atoms with van der Waals surface area (Å²) >= 11 is 0. The van der Waals surface area contributed by atoms with Crippen molar-refractivity contribution < 1.29 is 0 Å². The van der Waals surface area contributed by atoms with E-state index in [1.165, 1.54) is 57.6 Å². The quantitative estimate of drug-likeness (QED) is 0.902. The first-order chi connectivity index (χ1) is 9.33. The van der Waals surface area contributed by atoms with Crippen molar-refractivity contribution in [2.45, 2.75) is 45.2 Å². The van der Waals surface area contributed by atoms with Gasteiger partial charge in [-0.1, -0.05) is 0 Å². The maximum atomic E-state index is 4.09. The molecule has 0 radical (unpaired) electrons. The zero-order chi connectivity index (χ0) is 13.1. The minimum atomic E-state index is 0.789. The molecular weight excluding hydrogens is 236 g/mol. The van der Waals surface area contributed by atoms with Gasteiger partial charge in [0.2, 0.25) is 0 Å². The van der Waals surface area contributed by atoms with Crippen LogP contribution in [0.15, 0.2) is 12.5 Å². The summed E-state index contributed by atoms with van der Waals surface area (Å²) in [5.74, 6) is 0.899. The summed E-state index contributed by atoms with van der Waals surface area (Å²) in [5.41, 5.74) is 1.24. The minimum Gasteiger partial charge on any atom is -0.347 e. The number of H-pyrrole nitrogens is 1. The highest BCUT2D eigenvalue weighted by atomic mass is 15.2. The van der Waals surface area contributed by atoms with Gasteiger partial charge in [-0.15, -0.1) is 0 Å². The molecule has 4 nitrogen and oxygen atoms in total. The molecule has 0 spiro atoms. The van der Waals surface area contributed by atoms with Crippen molar-refractivity contribution in [3.05, 3.63) is 18.2 Å². The third-order valence-corrected chi connectivity index (χ3v) is 4.98. The standard InChI is InChI=1S/C15H26N4/c1-13(19-6-2-3-7-19)14-4-8-18(9-5-14)11-15-10-16-12-17-15/h10,12-14H,2-9,11H2,1H3,(H,16,17). The lowest BCUT2D eigenvalue weighted by molar-refractivity contribution is 0.107. The predicted molar refractivity (Wildman–Crippen MR) is 76.9 cm³/mol. The summed E-state index contributed by atoms with van der Waals surface area (Å²) < 4.78 is 0. The van der Waals surface area contributed by atoms with Crippen LogP contribution in [0.3, 0.4) is 0 Å². The second kappa shape index (κ2) is 6.06. The number of aromatic nitrogens is 2. The maximum absolute atomic E-state index is 4.09. The van der Waals surface area contributed by atoms with Crippen molar-refractivity contribution in [3.8, 4) is 0 Å². The fourth-order valence-electron chi connectivity index (χ4n) is 3.65. The van der Waals surface area contributed by atoms with Crippen LogP contribution in [0.1, 0.15) is 38.3 Å². The van der Waals surface area contributed by atoms with E-state index in [1.54, 1.807) is 6.33 Å². The van der Waals surface area contributed by atoms with Crippen LogP contribution in [0, 0.1) is 5.92 Å². The van der Waals surface area contributed by atoms with Crippen LogP contribution in [0.2, 0.25) is 0 Å². The number of piperidine rings is 1. The Hall–Kier alpha value is -0.870. The van der Waals surface area contributed by atoms with Crippen molar-refractivity contribution in [2.24, 2.45) is 5.92 Å². The topological polar surface area (TPSA) is 35.2 Å². The first-order valence-corrected chi connectivity index (χ1v) is 7.76. The van der Waals surface area contributed by atoms with E-state index in [2.05, 4.69) is 26.7 Å².